The van der Waals surface area contributed by atoms with E-state index in [1.54, 1.807) is 0 Å². The molecule has 0 spiro atoms. The predicted octanol–water partition coefficient (Wildman–Crippen LogP) is 2.99. The molecule has 2 atom stereocenters. The van der Waals surface area contributed by atoms with Gasteiger partial charge < -0.3 is 9.47 Å². The van der Waals surface area contributed by atoms with Crippen LogP contribution < -0.4 is 0 Å². The Morgan fingerprint density at radius 3 is 2.63 bits per heavy atom. The summed E-state index contributed by atoms with van der Waals surface area (Å²) in [5.41, 5.74) is 2.96. The Hall–Kier alpha value is -1.13. The van der Waals surface area contributed by atoms with Crippen LogP contribution >= 0.6 is 11.6 Å². The number of hydrogen-bond donors (Lipinski definition) is 0. The first kappa shape index (κ1) is 14.3. The van der Waals surface area contributed by atoms with E-state index in [0.717, 1.165) is 29.1 Å². The summed E-state index contributed by atoms with van der Waals surface area (Å²) in [6.45, 7) is 7.00. The number of hydrogen-bond acceptors (Lipinski definition) is 3. The highest BCUT2D eigenvalue weighted by atomic mass is 35.5. The maximum Gasteiger partial charge on any atom is 0.160 e. The van der Waals surface area contributed by atoms with E-state index in [1.165, 1.54) is 0 Å². The monoisotopic (exact) mass is 280 g/mol. The zero-order valence-corrected chi connectivity index (χ0v) is 12.9. The molecule has 0 fully saturated rings. The molecule has 2 unspecified atom stereocenters. The van der Waals surface area contributed by atoms with Gasteiger partial charge in [-0.25, -0.2) is 9.97 Å². The van der Waals surface area contributed by atoms with E-state index >= 15 is 0 Å². The number of likely N-dealkylation sites (N-methyl/N-ethyl adjacent to an activating group) is 1. The molecule has 2 aromatic rings. The number of halogens is 1. The summed E-state index contributed by atoms with van der Waals surface area (Å²) in [7, 11) is 4.15. The molecule has 2 aromatic heterocycles. The van der Waals surface area contributed by atoms with Crippen LogP contribution in [-0.2, 0) is 6.54 Å². The summed E-state index contributed by atoms with van der Waals surface area (Å²) >= 11 is 6.26. The van der Waals surface area contributed by atoms with E-state index in [1.807, 2.05) is 20.0 Å². The van der Waals surface area contributed by atoms with E-state index in [4.69, 9.17) is 11.6 Å². The van der Waals surface area contributed by atoms with Crippen LogP contribution in [0.1, 0.15) is 30.6 Å². The van der Waals surface area contributed by atoms with Crippen LogP contribution in [0.3, 0.4) is 0 Å². The van der Waals surface area contributed by atoms with Crippen LogP contribution in [-0.4, -0.2) is 39.6 Å². The third-order valence-corrected chi connectivity index (χ3v) is 3.63. The second-order valence-electron chi connectivity index (χ2n) is 5.36. The summed E-state index contributed by atoms with van der Waals surface area (Å²) in [6.07, 6.45) is 1.88. The Morgan fingerprint density at radius 1 is 1.37 bits per heavy atom. The van der Waals surface area contributed by atoms with Gasteiger partial charge in [0.05, 0.1) is 5.38 Å². The van der Waals surface area contributed by atoms with Gasteiger partial charge >= 0.3 is 0 Å². The summed E-state index contributed by atoms with van der Waals surface area (Å²) in [5.74, 6) is 0.892. The van der Waals surface area contributed by atoms with Crippen molar-refractivity contribution >= 4 is 22.8 Å². The van der Waals surface area contributed by atoms with Crippen LogP contribution in [0.5, 0.6) is 0 Å². The van der Waals surface area contributed by atoms with E-state index in [9.17, 15) is 0 Å². The molecule has 5 heteroatoms. The Kier molecular flexibility index (Phi) is 4.11. The van der Waals surface area contributed by atoms with Crippen LogP contribution in [0, 0.1) is 6.92 Å². The molecule has 4 nitrogen and oxygen atoms in total. The van der Waals surface area contributed by atoms with Crippen LogP contribution in [0.2, 0.25) is 0 Å². The maximum absolute atomic E-state index is 6.26. The Bertz CT molecular complexity index is 574. The molecule has 0 aliphatic carbocycles. The zero-order chi connectivity index (χ0) is 14.2. The minimum absolute atomic E-state index is 0.121. The van der Waals surface area contributed by atoms with E-state index in [0.29, 0.717) is 6.04 Å². The molecule has 2 rings (SSSR count). The molecular weight excluding hydrogens is 260 g/mol. The van der Waals surface area contributed by atoms with Crippen molar-refractivity contribution in [2.24, 2.45) is 0 Å². The number of imidazole rings is 1. The molecule has 19 heavy (non-hydrogen) atoms. The maximum atomic E-state index is 6.26. The third-order valence-electron chi connectivity index (χ3n) is 3.44. The lowest BCUT2D eigenvalue weighted by Gasteiger charge is -2.21. The molecular formula is C14H21ClN4. The van der Waals surface area contributed by atoms with Gasteiger partial charge in [-0.05, 0) is 46.5 Å². The lowest BCUT2D eigenvalue weighted by molar-refractivity contribution is 0.283. The predicted molar refractivity (Wildman–Crippen MR) is 79.7 cm³/mol. The van der Waals surface area contributed by atoms with Gasteiger partial charge in [0.15, 0.2) is 5.65 Å². The van der Waals surface area contributed by atoms with Crippen molar-refractivity contribution < 1.29 is 0 Å². The van der Waals surface area contributed by atoms with Crippen molar-refractivity contribution in [3.63, 3.8) is 0 Å². The molecule has 0 N–H and O–H groups in total. The van der Waals surface area contributed by atoms with Gasteiger partial charge in [0, 0.05) is 18.8 Å². The van der Waals surface area contributed by atoms with Gasteiger partial charge in [-0.2, -0.15) is 0 Å². The molecule has 0 amide bonds. The van der Waals surface area contributed by atoms with Crippen LogP contribution in [0.25, 0.3) is 11.2 Å². The highest BCUT2D eigenvalue weighted by Crippen LogP contribution is 2.24. The van der Waals surface area contributed by atoms with Gasteiger partial charge in [-0.1, -0.05) is 0 Å². The van der Waals surface area contributed by atoms with Gasteiger partial charge in [-0.15, -0.1) is 11.6 Å². The van der Waals surface area contributed by atoms with E-state index < -0.39 is 0 Å². The number of alkyl halides is 1. The largest absolute Gasteiger partial charge is 0.310 e. The lowest BCUT2D eigenvalue weighted by atomic mass is 10.3. The van der Waals surface area contributed by atoms with Crippen molar-refractivity contribution in [1.29, 1.82) is 0 Å². The zero-order valence-electron chi connectivity index (χ0n) is 12.2. The van der Waals surface area contributed by atoms with Crippen molar-refractivity contribution in [1.82, 2.24) is 19.4 Å². The first-order chi connectivity index (χ1) is 8.90. The molecule has 0 aliphatic heterocycles. The number of fused-ring (bicyclic) bond motifs is 1. The molecule has 0 bridgehead atoms. The van der Waals surface area contributed by atoms with Gasteiger partial charge in [0.25, 0.3) is 0 Å². The summed E-state index contributed by atoms with van der Waals surface area (Å²) in [4.78, 5) is 11.3. The van der Waals surface area contributed by atoms with Crippen molar-refractivity contribution in [2.75, 3.05) is 14.1 Å². The van der Waals surface area contributed by atoms with Crippen LogP contribution in [0.15, 0.2) is 12.3 Å². The molecule has 0 saturated heterocycles. The minimum Gasteiger partial charge on any atom is -0.310 e. The fourth-order valence-corrected chi connectivity index (χ4v) is 2.21. The van der Waals surface area contributed by atoms with Crippen molar-refractivity contribution in [2.45, 2.75) is 38.7 Å². The molecule has 0 aromatic carbocycles. The highest BCUT2D eigenvalue weighted by molar-refractivity contribution is 6.20. The number of aryl methyl sites for hydroxylation is 1. The Morgan fingerprint density at radius 2 is 2.05 bits per heavy atom. The summed E-state index contributed by atoms with van der Waals surface area (Å²) in [5, 5.41) is -0.121. The number of aromatic nitrogens is 3. The fourth-order valence-electron chi connectivity index (χ4n) is 2.04. The lowest BCUT2D eigenvalue weighted by Crippen LogP contribution is -2.30. The summed E-state index contributed by atoms with van der Waals surface area (Å²) in [6, 6.07) is 2.46. The number of pyridine rings is 1. The second kappa shape index (κ2) is 5.47. The third kappa shape index (κ3) is 2.90. The van der Waals surface area contributed by atoms with Gasteiger partial charge in [0.1, 0.15) is 11.3 Å². The molecule has 0 radical (unpaired) electrons. The highest BCUT2D eigenvalue weighted by Gasteiger charge is 2.18. The topological polar surface area (TPSA) is 34.0 Å². The SMILES string of the molecule is Cc1cnc2c(c1)nc(C(C)Cl)n2CC(C)N(C)C. The van der Waals surface area contributed by atoms with E-state index in [2.05, 4.69) is 46.5 Å². The van der Waals surface area contributed by atoms with Crippen molar-refractivity contribution in [3.8, 4) is 0 Å². The molecule has 2 heterocycles. The summed E-state index contributed by atoms with van der Waals surface area (Å²) < 4.78 is 2.14. The standard InChI is InChI=1S/C14H21ClN4/c1-9-6-12-14(16-7-9)19(8-10(2)18(4)5)13(17-12)11(3)15/h6-7,10-11H,8H2,1-5H3. The molecule has 0 saturated carbocycles. The second-order valence-corrected chi connectivity index (χ2v) is 6.02. The quantitative estimate of drug-likeness (QED) is 0.808. The van der Waals surface area contributed by atoms with E-state index in [-0.39, 0.29) is 5.38 Å². The minimum atomic E-state index is -0.121. The fraction of sp³-hybridized carbons (Fsp3) is 0.571. The number of nitrogens with zero attached hydrogens (tertiary/aromatic N) is 4. The first-order valence-electron chi connectivity index (χ1n) is 6.53. The molecule has 0 aliphatic rings. The van der Waals surface area contributed by atoms with Crippen molar-refractivity contribution in [3.05, 3.63) is 23.7 Å². The van der Waals surface area contributed by atoms with Gasteiger partial charge in [0.2, 0.25) is 0 Å². The average molecular weight is 281 g/mol. The molecule has 104 valence electrons. The first-order valence-corrected chi connectivity index (χ1v) is 6.97. The number of rotatable bonds is 4. The smallest absolute Gasteiger partial charge is 0.160 e. The average Bonchev–Trinajstić information content (AvgIpc) is 2.67. The Balaban J connectivity index is 2.52. The van der Waals surface area contributed by atoms with Crippen LogP contribution in [0.4, 0.5) is 0 Å². The Labute approximate surface area is 119 Å². The van der Waals surface area contributed by atoms with Gasteiger partial charge in [-0.3, -0.25) is 0 Å². The normalized spacial score (nSPS) is 15.1.